The lowest BCUT2D eigenvalue weighted by Gasteiger charge is -2.34. The normalized spacial score (nSPS) is 14.5. The molecule has 4 unspecified atom stereocenters. The fraction of sp³-hybridized carbons (Fsp3) is 0.283. The summed E-state index contributed by atoms with van der Waals surface area (Å²) in [6.07, 6.45) is 1.75. The van der Waals surface area contributed by atoms with E-state index in [1.165, 1.54) is 22.3 Å². The minimum Gasteiger partial charge on any atom is -0.480 e. The number of anilines is 2. The minimum absolute atomic E-state index is 0.182. The Morgan fingerprint density at radius 2 is 0.831 bits per heavy atom. The van der Waals surface area contributed by atoms with Crippen LogP contribution in [0, 0.1) is 0 Å². The van der Waals surface area contributed by atoms with Crippen molar-refractivity contribution in [1.29, 1.82) is 0 Å². The van der Waals surface area contributed by atoms with Crippen LogP contribution in [0.15, 0.2) is 146 Å². The molecule has 6 aromatic rings. The van der Waals surface area contributed by atoms with Crippen LogP contribution >= 0.6 is 0 Å². The molecule has 302 valence electrons. The van der Waals surface area contributed by atoms with E-state index < -0.39 is 17.6 Å². The molecule has 2 N–H and O–H groups in total. The van der Waals surface area contributed by atoms with Crippen molar-refractivity contribution in [3.05, 3.63) is 179 Å². The Hall–Kier alpha value is -6.14. The van der Waals surface area contributed by atoms with E-state index in [2.05, 4.69) is 123 Å². The van der Waals surface area contributed by atoms with Crippen molar-refractivity contribution in [2.24, 2.45) is 0 Å². The molecular formula is C53H56N2O4. The summed E-state index contributed by atoms with van der Waals surface area (Å²) in [4.78, 5) is 27.4. The number of carbonyl (C=O) groups is 2. The highest BCUT2D eigenvalue weighted by molar-refractivity contribution is 5.95. The largest absolute Gasteiger partial charge is 0.480 e. The summed E-state index contributed by atoms with van der Waals surface area (Å²) in [6, 6.07) is 49.6. The van der Waals surface area contributed by atoms with Gasteiger partial charge in [0.1, 0.15) is 11.5 Å². The van der Waals surface area contributed by atoms with Gasteiger partial charge in [-0.05, 0) is 118 Å². The summed E-state index contributed by atoms with van der Waals surface area (Å²) in [5.41, 5.74) is 9.81. The molecule has 6 nitrogen and oxygen atoms in total. The van der Waals surface area contributed by atoms with Crippen molar-refractivity contribution < 1.29 is 19.1 Å². The van der Waals surface area contributed by atoms with Crippen molar-refractivity contribution >= 4 is 23.2 Å². The fourth-order valence-corrected chi connectivity index (χ4v) is 8.46. The van der Waals surface area contributed by atoms with E-state index in [4.69, 9.17) is 9.47 Å². The Labute approximate surface area is 350 Å². The van der Waals surface area contributed by atoms with E-state index in [1.54, 1.807) is 0 Å². The molecule has 0 saturated carbocycles. The summed E-state index contributed by atoms with van der Waals surface area (Å²) in [7, 11) is 0. The predicted octanol–water partition coefficient (Wildman–Crippen LogP) is 12.7. The first kappa shape index (κ1) is 41.0. The number of nitrogens with one attached hydrogen (secondary N) is 2. The number of carbonyl (C=O) groups excluding carboxylic acids is 2. The lowest BCUT2D eigenvalue weighted by Crippen LogP contribution is -2.33. The van der Waals surface area contributed by atoms with E-state index in [9.17, 15) is 9.59 Å². The molecule has 7 rings (SSSR count). The molecule has 0 fully saturated rings. The highest BCUT2D eigenvalue weighted by Gasteiger charge is 2.46. The number of hydrogen-bond donors (Lipinski definition) is 2. The molecule has 59 heavy (non-hydrogen) atoms. The number of benzene rings is 6. The molecule has 6 heteroatoms. The predicted molar refractivity (Wildman–Crippen MR) is 241 cm³/mol. The zero-order valence-corrected chi connectivity index (χ0v) is 35.1. The average Bonchev–Trinajstić information content (AvgIpc) is 3.58. The Bertz CT molecular complexity index is 2220. The summed E-state index contributed by atoms with van der Waals surface area (Å²) in [5.74, 6) is 1.79. The highest BCUT2D eigenvalue weighted by Crippen LogP contribution is 2.56. The fourth-order valence-electron chi connectivity index (χ4n) is 8.46. The van der Waals surface area contributed by atoms with Crippen molar-refractivity contribution in [2.45, 2.75) is 96.7 Å². The SMILES string of the molecule is CCC(Oc1ccccc1C(C)CC)C(=O)Nc1ccc(C2(c3ccc(NC(=O)C(CC)Oc4ccccc4C(C)CC)cc3)c3ccccc3-c3ccccc32)cc1. The summed E-state index contributed by atoms with van der Waals surface area (Å²) in [6.45, 7) is 12.6. The van der Waals surface area contributed by atoms with Gasteiger partial charge in [0.05, 0.1) is 5.41 Å². The van der Waals surface area contributed by atoms with Crippen molar-refractivity contribution in [1.82, 2.24) is 0 Å². The van der Waals surface area contributed by atoms with Gasteiger partial charge in [-0.3, -0.25) is 9.59 Å². The Kier molecular flexibility index (Phi) is 12.7. The molecule has 1 aliphatic carbocycles. The van der Waals surface area contributed by atoms with Gasteiger partial charge in [-0.1, -0.05) is 151 Å². The molecule has 0 saturated heterocycles. The van der Waals surface area contributed by atoms with Crippen LogP contribution in [0.1, 0.15) is 112 Å². The molecule has 6 aromatic carbocycles. The third-order valence-corrected chi connectivity index (χ3v) is 12.1. The van der Waals surface area contributed by atoms with Crippen molar-refractivity contribution in [3.8, 4) is 22.6 Å². The van der Waals surface area contributed by atoms with Gasteiger partial charge < -0.3 is 20.1 Å². The van der Waals surface area contributed by atoms with Crippen LogP contribution in [0.25, 0.3) is 11.1 Å². The molecule has 0 bridgehead atoms. The first-order valence-corrected chi connectivity index (χ1v) is 21.3. The third kappa shape index (κ3) is 8.14. The highest BCUT2D eigenvalue weighted by atomic mass is 16.5. The van der Waals surface area contributed by atoms with Crippen molar-refractivity contribution in [2.75, 3.05) is 10.6 Å². The van der Waals surface area contributed by atoms with E-state index >= 15 is 0 Å². The maximum Gasteiger partial charge on any atom is 0.265 e. The summed E-state index contributed by atoms with van der Waals surface area (Å²) in [5, 5.41) is 6.27. The molecule has 4 atom stereocenters. The Morgan fingerprint density at radius 3 is 1.20 bits per heavy atom. The number of para-hydroxylation sites is 2. The summed E-state index contributed by atoms with van der Waals surface area (Å²) < 4.78 is 12.7. The average molecular weight is 785 g/mol. The maximum absolute atomic E-state index is 13.7. The van der Waals surface area contributed by atoms with E-state index in [-0.39, 0.29) is 11.8 Å². The molecular weight excluding hydrogens is 729 g/mol. The van der Waals surface area contributed by atoms with Crippen LogP contribution in [0.2, 0.25) is 0 Å². The van der Waals surface area contributed by atoms with Crippen LogP contribution in [-0.2, 0) is 15.0 Å². The van der Waals surface area contributed by atoms with Gasteiger partial charge >= 0.3 is 0 Å². The third-order valence-electron chi connectivity index (χ3n) is 12.1. The topological polar surface area (TPSA) is 76.7 Å². The Morgan fingerprint density at radius 1 is 0.475 bits per heavy atom. The second-order valence-electron chi connectivity index (χ2n) is 15.7. The van der Waals surface area contributed by atoms with Gasteiger partial charge in [-0.2, -0.15) is 0 Å². The van der Waals surface area contributed by atoms with E-state index in [1.807, 2.05) is 74.5 Å². The first-order chi connectivity index (χ1) is 28.7. The van der Waals surface area contributed by atoms with Crippen LogP contribution in [0.4, 0.5) is 11.4 Å². The quantitative estimate of drug-likeness (QED) is 0.102. The van der Waals surface area contributed by atoms with Gasteiger partial charge in [-0.15, -0.1) is 0 Å². The number of ether oxygens (including phenoxy) is 2. The zero-order chi connectivity index (χ0) is 41.5. The zero-order valence-electron chi connectivity index (χ0n) is 35.1. The molecule has 0 radical (unpaired) electrons. The number of amides is 2. The van der Waals surface area contributed by atoms with Gasteiger partial charge in [0.15, 0.2) is 12.2 Å². The monoisotopic (exact) mass is 784 g/mol. The van der Waals surface area contributed by atoms with E-state index in [0.717, 1.165) is 46.6 Å². The van der Waals surface area contributed by atoms with Crippen LogP contribution in [0.5, 0.6) is 11.5 Å². The van der Waals surface area contributed by atoms with Crippen LogP contribution < -0.4 is 20.1 Å². The van der Waals surface area contributed by atoms with E-state index in [0.29, 0.717) is 36.1 Å². The van der Waals surface area contributed by atoms with Gasteiger partial charge in [0.25, 0.3) is 11.8 Å². The van der Waals surface area contributed by atoms with Crippen molar-refractivity contribution in [3.63, 3.8) is 0 Å². The first-order valence-electron chi connectivity index (χ1n) is 21.3. The van der Waals surface area contributed by atoms with Gasteiger partial charge in [-0.25, -0.2) is 0 Å². The number of rotatable bonds is 16. The maximum atomic E-state index is 13.7. The van der Waals surface area contributed by atoms with Crippen LogP contribution in [0.3, 0.4) is 0 Å². The van der Waals surface area contributed by atoms with Gasteiger partial charge in [0.2, 0.25) is 0 Å². The smallest absolute Gasteiger partial charge is 0.265 e. The standard InChI is InChI=1S/C53H56N2O4/c1-7-35(5)41-19-13-17-25-49(41)58-47(9-3)51(56)54-39-31-27-37(28-32-39)53(45-23-15-11-21-43(45)44-22-12-16-24-46(44)53)38-29-33-40(34-30-38)55-52(57)48(10-4)59-50-26-18-14-20-42(50)36(6)8-2/h11-36,47-48H,7-10H2,1-6H3,(H,54,56)(H,55,57). The lowest BCUT2D eigenvalue weighted by molar-refractivity contribution is -0.123. The number of hydrogen-bond acceptors (Lipinski definition) is 4. The second-order valence-corrected chi connectivity index (χ2v) is 15.7. The number of fused-ring (bicyclic) bond motifs is 3. The molecule has 2 amide bonds. The molecule has 1 aliphatic rings. The summed E-state index contributed by atoms with van der Waals surface area (Å²) >= 11 is 0. The van der Waals surface area contributed by atoms with Crippen LogP contribution in [-0.4, -0.2) is 24.0 Å². The lowest BCUT2D eigenvalue weighted by atomic mass is 9.67. The Balaban J connectivity index is 1.17. The molecule has 0 aliphatic heterocycles. The minimum atomic E-state index is -0.651. The molecule has 0 heterocycles. The molecule has 0 aromatic heterocycles. The second kappa shape index (κ2) is 18.2. The van der Waals surface area contributed by atoms with Gasteiger partial charge in [0, 0.05) is 11.4 Å². The molecule has 0 spiro atoms.